The average molecular weight is 417 g/mol. The van der Waals surface area contributed by atoms with Crippen LogP contribution in [0, 0.1) is 13.8 Å². The maximum atomic E-state index is 11.9. The van der Waals surface area contributed by atoms with Gasteiger partial charge in [-0.3, -0.25) is 4.79 Å². The number of benzene rings is 2. The number of nitrogens with zero attached hydrogens (tertiary/aromatic N) is 1. The largest absolute Gasteiger partial charge is 0.483 e. The smallest absolute Gasteiger partial charge is 0.277 e. The molecule has 3 aromatic rings. The maximum Gasteiger partial charge on any atom is 0.277 e. The lowest BCUT2D eigenvalue weighted by molar-refractivity contribution is -0.123. The zero-order chi connectivity index (χ0) is 20.1. The van der Waals surface area contributed by atoms with E-state index in [2.05, 4.69) is 10.5 Å². The first-order valence-electron chi connectivity index (χ1n) is 8.50. The van der Waals surface area contributed by atoms with Crippen molar-refractivity contribution in [3.8, 4) is 17.1 Å². The minimum atomic E-state index is -0.369. The Morgan fingerprint density at radius 1 is 1.14 bits per heavy atom. The Morgan fingerprint density at radius 2 is 1.89 bits per heavy atom. The first-order chi connectivity index (χ1) is 13.4. The van der Waals surface area contributed by atoms with E-state index in [0.717, 1.165) is 16.7 Å². The van der Waals surface area contributed by atoms with E-state index >= 15 is 0 Å². The quantitative estimate of drug-likeness (QED) is 0.432. The summed E-state index contributed by atoms with van der Waals surface area (Å²) < 4.78 is 11.3. The summed E-state index contributed by atoms with van der Waals surface area (Å²) in [6, 6.07) is 14.4. The lowest BCUT2D eigenvalue weighted by Crippen LogP contribution is -2.24. The topological polar surface area (TPSA) is 63.8 Å². The van der Waals surface area contributed by atoms with E-state index in [1.807, 2.05) is 32.0 Å². The van der Waals surface area contributed by atoms with Gasteiger partial charge in [0.25, 0.3) is 5.91 Å². The first kappa shape index (κ1) is 20.0. The molecule has 1 N–H and O–H groups in total. The molecule has 0 spiro atoms. The summed E-state index contributed by atoms with van der Waals surface area (Å²) in [6.45, 7) is 3.73. The average Bonchev–Trinajstić information content (AvgIpc) is 3.10. The number of rotatable bonds is 6. The Balaban J connectivity index is 1.56. The SMILES string of the molecule is Cc1cccc(C)c1OCC(=O)NN=Cc1ccc(-c2ccc(Cl)cc2Cl)o1. The number of hydrazone groups is 1. The molecule has 144 valence electrons. The summed E-state index contributed by atoms with van der Waals surface area (Å²) in [7, 11) is 0. The molecule has 5 nitrogen and oxygen atoms in total. The molecular formula is C21H18Cl2N2O3. The van der Waals surface area contributed by atoms with Crippen LogP contribution in [-0.2, 0) is 4.79 Å². The molecule has 1 amide bonds. The molecule has 28 heavy (non-hydrogen) atoms. The zero-order valence-corrected chi connectivity index (χ0v) is 16.8. The van der Waals surface area contributed by atoms with E-state index in [1.165, 1.54) is 6.21 Å². The minimum absolute atomic E-state index is 0.132. The maximum absolute atomic E-state index is 11.9. The van der Waals surface area contributed by atoms with Crippen molar-refractivity contribution < 1.29 is 13.9 Å². The van der Waals surface area contributed by atoms with Gasteiger partial charge in [0.1, 0.15) is 17.3 Å². The van der Waals surface area contributed by atoms with E-state index in [0.29, 0.717) is 27.3 Å². The summed E-state index contributed by atoms with van der Waals surface area (Å²) in [5, 5.41) is 4.93. The number of ether oxygens (including phenoxy) is 1. The van der Waals surface area contributed by atoms with E-state index in [-0.39, 0.29) is 12.5 Å². The molecule has 0 aliphatic rings. The number of aryl methyl sites for hydroxylation is 2. The fourth-order valence-electron chi connectivity index (χ4n) is 2.62. The Labute approximate surface area is 172 Å². The van der Waals surface area contributed by atoms with Crippen molar-refractivity contribution in [2.45, 2.75) is 13.8 Å². The van der Waals surface area contributed by atoms with Gasteiger partial charge in [0.05, 0.1) is 11.2 Å². The van der Waals surface area contributed by atoms with E-state index in [9.17, 15) is 4.79 Å². The van der Waals surface area contributed by atoms with Crippen molar-refractivity contribution in [2.24, 2.45) is 5.10 Å². The standard InChI is InChI=1S/C21H18Cl2N2O3/c1-13-4-3-5-14(2)21(13)27-12-20(26)25-24-11-16-7-9-19(28-16)17-8-6-15(22)10-18(17)23/h3-11H,12H2,1-2H3,(H,25,26). The third kappa shape index (κ3) is 4.94. The molecule has 7 heteroatoms. The van der Waals surface area contributed by atoms with Crippen LogP contribution in [0.5, 0.6) is 5.75 Å². The number of para-hydroxylation sites is 1. The molecule has 0 fully saturated rings. The molecule has 0 unspecified atom stereocenters. The number of nitrogens with one attached hydrogen (secondary N) is 1. The first-order valence-corrected chi connectivity index (χ1v) is 9.26. The molecule has 1 aromatic heterocycles. The lowest BCUT2D eigenvalue weighted by Gasteiger charge is -2.10. The van der Waals surface area contributed by atoms with Gasteiger partial charge in [-0.25, -0.2) is 5.43 Å². The number of halogens is 2. The Kier molecular flexibility index (Phi) is 6.39. The summed E-state index contributed by atoms with van der Waals surface area (Å²) in [5.41, 5.74) is 5.07. The van der Waals surface area contributed by atoms with Crippen molar-refractivity contribution in [3.63, 3.8) is 0 Å². The van der Waals surface area contributed by atoms with Crippen LogP contribution in [0.4, 0.5) is 0 Å². The van der Waals surface area contributed by atoms with Crippen LogP contribution in [-0.4, -0.2) is 18.7 Å². The number of amides is 1. The van der Waals surface area contributed by atoms with Gasteiger partial charge in [-0.15, -0.1) is 0 Å². The van der Waals surface area contributed by atoms with Gasteiger partial charge in [0.15, 0.2) is 6.61 Å². The fraction of sp³-hybridized carbons (Fsp3) is 0.143. The minimum Gasteiger partial charge on any atom is -0.483 e. The van der Waals surface area contributed by atoms with Crippen LogP contribution < -0.4 is 10.2 Å². The summed E-state index contributed by atoms with van der Waals surface area (Å²) >= 11 is 12.1. The second-order valence-electron chi connectivity index (χ2n) is 6.13. The monoisotopic (exact) mass is 416 g/mol. The van der Waals surface area contributed by atoms with Crippen molar-refractivity contribution in [1.29, 1.82) is 0 Å². The molecule has 1 heterocycles. The number of carbonyl (C=O) groups is 1. The highest BCUT2D eigenvalue weighted by Gasteiger charge is 2.09. The molecule has 0 aliphatic heterocycles. The highest BCUT2D eigenvalue weighted by Crippen LogP contribution is 2.31. The predicted molar refractivity (Wildman–Crippen MR) is 111 cm³/mol. The third-order valence-electron chi connectivity index (χ3n) is 3.96. The number of furan rings is 1. The van der Waals surface area contributed by atoms with Crippen molar-refractivity contribution in [2.75, 3.05) is 6.61 Å². The second kappa shape index (κ2) is 8.95. The summed E-state index contributed by atoms with van der Waals surface area (Å²) in [5.74, 6) is 1.38. The summed E-state index contributed by atoms with van der Waals surface area (Å²) in [4.78, 5) is 11.9. The van der Waals surface area contributed by atoms with E-state index in [4.69, 9.17) is 32.4 Å². The molecule has 3 rings (SSSR count). The molecular weight excluding hydrogens is 399 g/mol. The Morgan fingerprint density at radius 3 is 2.61 bits per heavy atom. The predicted octanol–water partition coefficient (Wildman–Crippen LogP) is 5.40. The highest BCUT2D eigenvalue weighted by molar-refractivity contribution is 6.36. The van der Waals surface area contributed by atoms with Gasteiger partial charge < -0.3 is 9.15 Å². The van der Waals surface area contributed by atoms with Gasteiger partial charge in [-0.05, 0) is 55.3 Å². The molecule has 0 aliphatic carbocycles. The van der Waals surface area contributed by atoms with Crippen LogP contribution in [0.3, 0.4) is 0 Å². The Hall–Kier alpha value is -2.76. The van der Waals surface area contributed by atoms with Crippen LogP contribution in [0.2, 0.25) is 10.0 Å². The third-order valence-corrected chi connectivity index (χ3v) is 4.51. The van der Waals surface area contributed by atoms with E-state index in [1.54, 1.807) is 30.3 Å². The number of hydrogen-bond donors (Lipinski definition) is 1. The van der Waals surface area contributed by atoms with Gasteiger partial charge in [0.2, 0.25) is 0 Å². The molecule has 0 bridgehead atoms. The van der Waals surface area contributed by atoms with E-state index < -0.39 is 0 Å². The van der Waals surface area contributed by atoms with Crippen LogP contribution >= 0.6 is 23.2 Å². The molecule has 0 radical (unpaired) electrons. The highest BCUT2D eigenvalue weighted by atomic mass is 35.5. The van der Waals surface area contributed by atoms with Gasteiger partial charge in [0, 0.05) is 10.6 Å². The molecule has 0 saturated carbocycles. The molecule has 2 aromatic carbocycles. The molecule has 0 saturated heterocycles. The van der Waals surface area contributed by atoms with Crippen molar-refractivity contribution in [3.05, 3.63) is 75.5 Å². The van der Waals surface area contributed by atoms with Crippen molar-refractivity contribution >= 4 is 35.3 Å². The summed E-state index contributed by atoms with van der Waals surface area (Å²) in [6.07, 6.45) is 1.41. The number of carbonyl (C=O) groups excluding carboxylic acids is 1. The lowest BCUT2D eigenvalue weighted by atomic mass is 10.1. The Bertz CT molecular complexity index is 1010. The van der Waals surface area contributed by atoms with Gasteiger partial charge in [-0.1, -0.05) is 41.4 Å². The second-order valence-corrected chi connectivity index (χ2v) is 6.97. The van der Waals surface area contributed by atoms with Gasteiger partial charge >= 0.3 is 0 Å². The number of hydrogen-bond acceptors (Lipinski definition) is 4. The zero-order valence-electron chi connectivity index (χ0n) is 15.3. The van der Waals surface area contributed by atoms with Crippen LogP contribution in [0.15, 0.2) is 58.0 Å². The fourth-order valence-corrected chi connectivity index (χ4v) is 3.12. The van der Waals surface area contributed by atoms with Crippen LogP contribution in [0.25, 0.3) is 11.3 Å². The van der Waals surface area contributed by atoms with Gasteiger partial charge in [-0.2, -0.15) is 5.10 Å². The van der Waals surface area contributed by atoms with Crippen molar-refractivity contribution in [1.82, 2.24) is 5.43 Å². The normalized spacial score (nSPS) is 11.0. The van der Waals surface area contributed by atoms with Crippen LogP contribution in [0.1, 0.15) is 16.9 Å². The molecule has 0 atom stereocenters.